The first-order chi connectivity index (χ1) is 13.9. The molecule has 162 valence electrons. The van der Waals surface area contributed by atoms with Crippen LogP contribution in [0.15, 0.2) is 27.2 Å². The van der Waals surface area contributed by atoms with E-state index in [1.54, 1.807) is 13.8 Å². The van der Waals surface area contributed by atoms with Crippen LogP contribution in [0.4, 0.5) is 26.3 Å². The maximum atomic E-state index is 12.6. The molecule has 2 aromatic heterocycles. The molecule has 0 atom stereocenters. The summed E-state index contributed by atoms with van der Waals surface area (Å²) in [7, 11) is 0. The molecular weight excluding hydrogens is 424 g/mol. The fourth-order valence-electron chi connectivity index (χ4n) is 2.51. The third-order valence-electron chi connectivity index (χ3n) is 3.73. The lowest BCUT2D eigenvalue weighted by molar-refractivity contribution is -0.159. The van der Waals surface area contributed by atoms with Crippen LogP contribution in [-0.2, 0) is 12.4 Å². The lowest BCUT2D eigenvalue weighted by Crippen LogP contribution is -2.10. The monoisotopic (exact) mass is 437 g/mol. The molecule has 0 fully saturated rings. The van der Waals surface area contributed by atoms with Crippen LogP contribution in [0.25, 0.3) is 11.4 Å². The van der Waals surface area contributed by atoms with Crippen molar-refractivity contribution >= 4 is 0 Å². The first kappa shape index (κ1) is 21.5. The molecule has 0 radical (unpaired) electrons. The minimum Gasteiger partial charge on any atom is -0.489 e. The van der Waals surface area contributed by atoms with Crippen molar-refractivity contribution in [3.63, 3.8) is 0 Å². The maximum absolute atomic E-state index is 12.6. The Bertz CT molecular complexity index is 1000. The van der Waals surface area contributed by atoms with E-state index < -0.39 is 24.0 Å². The van der Waals surface area contributed by atoms with Crippen molar-refractivity contribution < 1.29 is 44.9 Å². The highest BCUT2D eigenvalue weighted by atomic mass is 19.4. The molecule has 0 bridgehead atoms. The smallest absolute Gasteiger partial charge is 0.471 e. The van der Waals surface area contributed by atoms with E-state index >= 15 is 0 Å². The number of aromatic nitrogens is 3. The lowest BCUT2D eigenvalue weighted by atomic mass is 10.1. The third-order valence-corrected chi connectivity index (χ3v) is 3.73. The van der Waals surface area contributed by atoms with Gasteiger partial charge >= 0.3 is 18.2 Å². The van der Waals surface area contributed by atoms with Gasteiger partial charge in [-0.05, 0) is 42.3 Å². The van der Waals surface area contributed by atoms with Gasteiger partial charge in [0.05, 0.1) is 6.07 Å². The summed E-state index contributed by atoms with van der Waals surface area (Å²) in [6, 6.07) is 3.65. The van der Waals surface area contributed by atoms with Gasteiger partial charge in [-0.2, -0.15) is 31.3 Å². The summed E-state index contributed by atoms with van der Waals surface area (Å²) >= 11 is 0. The molecule has 1 aromatic carbocycles. The molecule has 0 saturated heterocycles. The molecule has 3 aromatic rings. The van der Waals surface area contributed by atoms with E-state index in [4.69, 9.17) is 9.47 Å². The van der Waals surface area contributed by atoms with Crippen LogP contribution in [-0.4, -0.2) is 28.5 Å². The molecule has 0 aliphatic carbocycles. The maximum Gasteiger partial charge on any atom is 0.471 e. The quantitative estimate of drug-likeness (QED) is 0.403. The number of hydrogen-bond acceptors (Lipinski definition) is 7. The molecular formula is C17H13F6N3O4. The fourth-order valence-corrected chi connectivity index (χ4v) is 2.51. The summed E-state index contributed by atoms with van der Waals surface area (Å²) in [6.45, 7) is 3.16. The molecule has 0 spiro atoms. The van der Waals surface area contributed by atoms with E-state index in [-0.39, 0.29) is 24.9 Å². The van der Waals surface area contributed by atoms with Crippen LogP contribution in [0.5, 0.6) is 11.6 Å². The highest BCUT2D eigenvalue weighted by molar-refractivity contribution is 5.61. The molecule has 0 amide bonds. The highest BCUT2D eigenvalue weighted by Crippen LogP contribution is 2.33. The average molecular weight is 437 g/mol. The van der Waals surface area contributed by atoms with Gasteiger partial charge in [-0.25, -0.2) is 0 Å². The van der Waals surface area contributed by atoms with Crippen LogP contribution in [0.2, 0.25) is 0 Å². The van der Waals surface area contributed by atoms with Gasteiger partial charge in [0.1, 0.15) is 19.0 Å². The van der Waals surface area contributed by atoms with E-state index in [1.165, 1.54) is 12.1 Å². The number of aryl methyl sites for hydroxylation is 2. The summed E-state index contributed by atoms with van der Waals surface area (Å²) in [5, 5.41) is 6.48. The summed E-state index contributed by atoms with van der Waals surface area (Å²) < 4.78 is 94.0. The summed E-state index contributed by atoms with van der Waals surface area (Å²) in [6.07, 6.45) is -9.41. The first-order valence-electron chi connectivity index (χ1n) is 8.27. The van der Waals surface area contributed by atoms with E-state index in [9.17, 15) is 26.3 Å². The zero-order chi connectivity index (χ0) is 22.1. The van der Waals surface area contributed by atoms with E-state index in [2.05, 4.69) is 24.3 Å². The van der Waals surface area contributed by atoms with E-state index in [1.807, 2.05) is 0 Å². The molecule has 0 aliphatic heterocycles. The normalized spacial score (nSPS) is 12.3. The molecule has 0 saturated carbocycles. The Labute approximate surface area is 164 Å². The van der Waals surface area contributed by atoms with E-state index in [0.29, 0.717) is 28.5 Å². The Morgan fingerprint density at radius 3 is 2.00 bits per heavy atom. The zero-order valence-electron chi connectivity index (χ0n) is 15.4. The highest BCUT2D eigenvalue weighted by Gasteiger charge is 2.38. The van der Waals surface area contributed by atoms with Crippen molar-refractivity contribution in [1.82, 2.24) is 15.3 Å². The average Bonchev–Trinajstić information content (AvgIpc) is 3.29. The van der Waals surface area contributed by atoms with Gasteiger partial charge in [-0.3, -0.25) is 0 Å². The Morgan fingerprint density at radius 1 is 0.833 bits per heavy atom. The molecule has 30 heavy (non-hydrogen) atoms. The minimum atomic E-state index is -4.75. The predicted molar refractivity (Wildman–Crippen MR) is 86.7 cm³/mol. The Morgan fingerprint density at radius 2 is 1.47 bits per heavy atom. The van der Waals surface area contributed by atoms with Gasteiger partial charge in [0, 0.05) is 5.56 Å². The Hall–Kier alpha value is -3.25. The van der Waals surface area contributed by atoms with Crippen molar-refractivity contribution in [2.45, 2.75) is 26.2 Å². The first-order valence-corrected chi connectivity index (χ1v) is 8.27. The van der Waals surface area contributed by atoms with Crippen molar-refractivity contribution in [1.29, 1.82) is 0 Å². The second-order valence-corrected chi connectivity index (χ2v) is 6.08. The number of halogens is 6. The van der Waals surface area contributed by atoms with Crippen LogP contribution in [0.3, 0.4) is 0 Å². The summed E-state index contributed by atoms with van der Waals surface area (Å²) in [5.41, 5.74) is 1.45. The number of hydrogen-bond donors (Lipinski definition) is 0. The van der Waals surface area contributed by atoms with Gasteiger partial charge < -0.3 is 18.5 Å². The van der Waals surface area contributed by atoms with Gasteiger partial charge in [-0.1, -0.05) is 5.16 Å². The van der Waals surface area contributed by atoms with Crippen LogP contribution in [0, 0.1) is 13.8 Å². The largest absolute Gasteiger partial charge is 0.489 e. The molecule has 0 unspecified atom stereocenters. The SMILES string of the molecule is Cc1cc(-c2noc(C(F)(F)F)n2)cc(C)c1OCCOc1cc(C(F)(F)F)on1. The molecule has 2 heterocycles. The number of ether oxygens (including phenoxy) is 2. The van der Waals surface area contributed by atoms with Crippen LogP contribution in [0.1, 0.15) is 22.8 Å². The second kappa shape index (κ2) is 7.88. The van der Waals surface area contributed by atoms with Crippen molar-refractivity contribution in [2.75, 3.05) is 13.2 Å². The van der Waals surface area contributed by atoms with Crippen LogP contribution < -0.4 is 9.47 Å². The molecule has 7 nitrogen and oxygen atoms in total. The lowest BCUT2D eigenvalue weighted by Gasteiger charge is -2.13. The van der Waals surface area contributed by atoms with Crippen LogP contribution >= 0.6 is 0 Å². The predicted octanol–water partition coefficient (Wildman–Crippen LogP) is 4.84. The third kappa shape index (κ3) is 4.83. The molecule has 0 N–H and O–H groups in total. The number of rotatable bonds is 6. The zero-order valence-corrected chi connectivity index (χ0v) is 15.4. The summed E-state index contributed by atoms with van der Waals surface area (Å²) in [4.78, 5) is 3.33. The van der Waals surface area contributed by atoms with Gasteiger partial charge in [0.15, 0.2) is 0 Å². The van der Waals surface area contributed by atoms with Gasteiger partial charge in [0.2, 0.25) is 11.6 Å². The molecule has 3 rings (SSSR count). The van der Waals surface area contributed by atoms with E-state index in [0.717, 1.165) is 0 Å². The Kier molecular flexibility index (Phi) is 5.63. The Balaban J connectivity index is 1.62. The second-order valence-electron chi connectivity index (χ2n) is 6.08. The van der Waals surface area contributed by atoms with Crippen molar-refractivity contribution in [2.24, 2.45) is 0 Å². The minimum absolute atomic E-state index is 0.0321. The van der Waals surface area contributed by atoms with Crippen molar-refractivity contribution in [3.05, 3.63) is 41.0 Å². The van der Waals surface area contributed by atoms with Gasteiger partial charge in [0.25, 0.3) is 5.88 Å². The number of alkyl halides is 6. The number of nitrogens with zero attached hydrogens (tertiary/aromatic N) is 3. The topological polar surface area (TPSA) is 83.4 Å². The summed E-state index contributed by atoms with van der Waals surface area (Å²) in [5.74, 6) is -2.87. The molecule has 13 heteroatoms. The molecule has 0 aliphatic rings. The van der Waals surface area contributed by atoms with Gasteiger partial charge in [-0.15, -0.1) is 0 Å². The fraction of sp³-hybridized carbons (Fsp3) is 0.353. The number of benzene rings is 1. The standard InChI is InChI=1S/C17H13F6N3O4/c1-8-5-10(14-24-15(30-26-14)17(21,22)23)6-9(2)13(8)28-4-3-27-12-7-11(29-25-12)16(18,19)20/h5-7H,3-4H2,1-2H3. The van der Waals surface area contributed by atoms with Crippen molar-refractivity contribution in [3.8, 4) is 23.0 Å².